The first-order valence-electron chi connectivity index (χ1n) is 8.20. The number of rotatable bonds is 4. The third-order valence-electron chi connectivity index (χ3n) is 4.98. The first-order valence-corrected chi connectivity index (χ1v) is 10.0. The molecule has 6 nitrogen and oxygen atoms in total. The lowest BCUT2D eigenvalue weighted by Gasteiger charge is -2.43. The van der Waals surface area contributed by atoms with Gasteiger partial charge in [0, 0.05) is 44.1 Å². The van der Waals surface area contributed by atoms with Gasteiger partial charge in [0.2, 0.25) is 0 Å². The second-order valence-electron chi connectivity index (χ2n) is 6.59. The minimum absolute atomic E-state index is 0.0377. The maximum atomic E-state index is 12.3. The van der Waals surface area contributed by atoms with Crippen LogP contribution in [0.4, 0.5) is 0 Å². The lowest BCUT2D eigenvalue weighted by atomic mass is 10.0. The molecule has 2 aliphatic heterocycles. The highest BCUT2D eigenvalue weighted by atomic mass is 32.2. The molecule has 24 heavy (non-hydrogen) atoms. The molecule has 2 saturated heterocycles. The second kappa shape index (κ2) is 6.31. The van der Waals surface area contributed by atoms with E-state index in [9.17, 15) is 8.42 Å². The Morgan fingerprint density at radius 1 is 1.04 bits per heavy atom. The molecule has 2 atom stereocenters. The summed E-state index contributed by atoms with van der Waals surface area (Å²) in [5.41, 5.74) is 1.17. The normalized spacial score (nSPS) is 27.2. The van der Waals surface area contributed by atoms with Crippen LogP contribution in [0.15, 0.2) is 47.3 Å². The predicted octanol–water partition coefficient (Wildman–Crippen LogP) is 1.16. The summed E-state index contributed by atoms with van der Waals surface area (Å²) in [5, 5.41) is 0. The fourth-order valence-corrected chi connectivity index (χ4v) is 5.86. The van der Waals surface area contributed by atoms with Crippen molar-refractivity contribution >= 4 is 9.84 Å². The number of nitrogens with zero attached hydrogens (tertiary/aromatic N) is 3. The van der Waals surface area contributed by atoms with Gasteiger partial charge in [-0.05, 0) is 29.8 Å². The van der Waals surface area contributed by atoms with E-state index in [2.05, 4.69) is 14.8 Å². The largest absolute Gasteiger partial charge is 0.468 e. The zero-order chi connectivity index (χ0) is 16.6. The van der Waals surface area contributed by atoms with Crippen LogP contribution in [0.1, 0.15) is 11.3 Å². The van der Waals surface area contributed by atoms with Gasteiger partial charge in [0.05, 0.1) is 24.3 Å². The van der Waals surface area contributed by atoms with Crippen LogP contribution >= 0.6 is 0 Å². The van der Waals surface area contributed by atoms with Gasteiger partial charge in [-0.2, -0.15) is 0 Å². The quantitative estimate of drug-likeness (QED) is 0.827. The van der Waals surface area contributed by atoms with Crippen LogP contribution in [0.3, 0.4) is 0 Å². The van der Waals surface area contributed by atoms with Crippen LogP contribution in [-0.2, 0) is 22.9 Å². The van der Waals surface area contributed by atoms with Crippen molar-refractivity contribution < 1.29 is 12.8 Å². The average molecular weight is 347 g/mol. The number of pyridine rings is 1. The van der Waals surface area contributed by atoms with Crippen molar-refractivity contribution in [3.05, 3.63) is 54.2 Å². The monoisotopic (exact) mass is 347 g/mol. The van der Waals surface area contributed by atoms with Crippen molar-refractivity contribution in [1.82, 2.24) is 14.8 Å². The topological polar surface area (TPSA) is 66.7 Å². The van der Waals surface area contributed by atoms with Crippen molar-refractivity contribution in [2.45, 2.75) is 25.2 Å². The van der Waals surface area contributed by atoms with E-state index in [0.717, 1.165) is 25.4 Å². The summed E-state index contributed by atoms with van der Waals surface area (Å²) in [5.74, 6) is 1.38. The molecule has 2 aliphatic rings. The standard InChI is InChI=1S/C17H21N3O3S/c21-24(22)12-16-17(13-24)20(11-15-2-1-9-23-15)8-7-19(16)10-14-3-5-18-6-4-14/h1-6,9,16-17H,7-8,10-13H2/t16-,17+/m1/s1. The molecule has 2 aromatic heterocycles. The van der Waals surface area contributed by atoms with Crippen LogP contribution in [-0.4, -0.2) is 59.9 Å². The number of furan rings is 1. The van der Waals surface area contributed by atoms with E-state index in [0.29, 0.717) is 6.54 Å². The van der Waals surface area contributed by atoms with Gasteiger partial charge in [-0.1, -0.05) is 0 Å². The molecule has 2 fully saturated rings. The van der Waals surface area contributed by atoms with Crippen molar-refractivity contribution in [3.63, 3.8) is 0 Å². The summed E-state index contributed by atoms with van der Waals surface area (Å²) in [6.07, 6.45) is 5.23. The fourth-order valence-electron chi connectivity index (χ4n) is 3.81. The summed E-state index contributed by atoms with van der Waals surface area (Å²) in [7, 11) is -2.99. The highest BCUT2D eigenvalue weighted by Crippen LogP contribution is 2.29. The third-order valence-corrected chi connectivity index (χ3v) is 6.68. The molecule has 4 heterocycles. The summed E-state index contributed by atoms with van der Waals surface area (Å²) < 4.78 is 30.0. The number of piperazine rings is 1. The smallest absolute Gasteiger partial charge is 0.153 e. The molecule has 128 valence electrons. The van der Waals surface area contributed by atoms with E-state index in [1.54, 1.807) is 18.7 Å². The maximum Gasteiger partial charge on any atom is 0.153 e. The minimum Gasteiger partial charge on any atom is -0.468 e. The van der Waals surface area contributed by atoms with Crippen molar-refractivity contribution in [3.8, 4) is 0 Å². The third kappa shape index (κ3) is 3.24. The number of hydrogen-bond acceptors (Lipinski definition) is 6. The van der Waals surface area contributed by atoms with Gasteiger partial charge in [0.1, 0.15) is 5.76 Å². The number of aromatic nitrogens is 1. The Kier molecular flexibility index (Phi) is 4.15. The summed E-state index contributed by atoms with van der Waals surface area (Å²) in [6.45, 7) is 3.16. The number of hydrogen-bond donors (Lipinski definition) is 0. The van der Waals surface area contributed by atoms with Crippen LogP contribution in [0.2, 0.25) is 0 Å². The Bertz CT molecular complexity index is 777. The minimum atomic E-state index is -2.99. The molecule has 0 aliphatic carbocycles. The van der Waals surface area contributed by atoms with E-state index >= 15 is 0 Å². The molecule has 0 spiro atoms. The first kappa shape index (κ1) is 15.8. The molecular weight excluding hydrogens is 326 g/mol. The van der Waals surface area contributed by atoms with Crippen LogP contribution in [0, 0.1) is 0 Å². The molecule has 0 N–H and O–H groups in total. The Labute approximate surface area is 142 Å². The Morgan fingerprint density at radius 2 is 1.71 bits per heavy atom. The highest BCUT2D eigenvalue weighted by molar-refractivity contribution is 7.91. The lowest BCUT2D eigenvalue weighted by Crippen LogP contribution is -2.58. The van der Waals surface area contributed by atoms with Crippen LogP contribution < -0.4 is 0 Å². The molecule has 0 bridgehead atoms. The predicted molar refractivity (Wildman–Crippen MR) is 90.0 cm³/mol. The molecule has 0 aromatic carbocycles. The molecule has 0 amide bonds. The van der Waals surface area contributed by atoms with Gasteiger partial charge in [-0.3, -0.25) is 14.8 Å². The lowest BCUT2D eigenvalue weighted by molar-refractivity contribution is 0.0317. The van der Waals surface area contributed by atoms with Crippen molar-refractivity contribution in [2.75, 3.05) is 24.6 Å². The highest BCUT2D eigenvalue weighted by Gasteiger charge is 2.46. The molecular formula is C17H21N3O3S. The molecule has 0 radical (unpaired) electrons. The van der Waals surface area contributed by atoms with Crippen LogP contribution in [0.5, 0.6) is 0 Å². The average Bonchev–Trinajstić information content (AvgIpc) is 3.17. The molecule has 4 rings (SSSR count). The SMILES string of the molecule is O=S1(=O)C[C@@H]2[C@H](C1)N(Cc1ccco1)CCN2Cc1ccncc1. The second-order valence-corrected chi connectivity index (χ2v) is 8.74. The van der Waals surface area contributed by atoms with Crippen molar-refractivity contribution in [1.29, 1.82) is 0 Å². The summed E-state index contributed by atoms with van der Waals surface area (Å²) in [4.78, 5) is 8.62. The first-order chi connectivity index (χ1) is 11.6. The summed E-state index contributed by atoms with van der Waals surface area (Å²) in [6, 6.07) is 7.89. The van der Waals surface area contributed by atoms with Gasteiger partial charge in [0.15, 0.2) is 9.84 Å². The zero-order valence-electron chi connectivity index (χ0n) is 13.4. The maximum absolute atomic E-state index is 12.3. The van der Waals surface area contributed by atoms with Gasteiger partial charge in [-0.25, -0.2) is 8.42 Å². The van der Waals surface area contributed by atoms with Crippen LogP contribution in [0.25, 0.3) is 0 Å². The van der Waals surface area contributed by atoms with Gasteiger partial charge >= 0.3 is 0 Å². The molecule has 7 heteroatoms. The van der Waals surface area contributed by atoms with Gasteiger partial charge in [0.25, 0.3) is 0 Å². The van der Waals surface area contributed by atoms with E-state index in [4.69, 9.17) is 4.42 Å². The molecule has 0 saturated carbocycles. The van der Waals surface area contributed by atoms with E-state index in [1.807, 2.05) is 24.3 Å². The molecule has 2 aromatic rings. The number of fused-ring (bicyclic) bond motifs is 1. The van der Waals surface area contributed by atoms with Gasteiger partial charge < -0.3 is 4.42 Å². The fraction of sp³-hybridized carbons (Fsp3) is 0.471. The molecule has 0 unspecified atom stereocenters. The zero-order valence-corrected chi connectivity index (χ0v) is 14.2. The Morgan fingerprint density at radius 3 is 2.33 bits per heavy atom. The number of sulfone groups is 1. The van der Waals surface area contributed by atoms with E-state index in [1.165, 1.54) is 5.56 Å². The van der Waals surface area contributed by atoms with Gasteiger partial charge in [-0.15, -0.1) is 0 Å². The Hall–Kier alpha value is -1.70. The van der Waals surface area contributed by atoms with E-state index in [-0.39, 0.29) is 23.6 Å². The summed E-state index contributed by atoms with van der Waals surface area (Å²) >= 11 is 0. The van der Waals surface area contributed by atoms with E-state index < -0.39 is 9.84 Å². The Balaban J connectivity index is 1.53. The van der Waals surface area contributed by atoms with Crippen molar-refractivity contribution in [2.24, 2.45) is 0 Å².